The van der Waals surface area contributed by atoms with Crippen molar-refractivity contribution >= 4 is 59.3 Å². The maximum Gasteiger partial charge on any atom is 0.326 e. The molecule has 8 atom stereocenters. The number of rotatable bonds is 34. The number of carbonyl (C=O) groups is 10. The normalized spacial score (nSPS) is 14.4. The van der Waals surface area contributed by atoms with E-state index in [4.69, 9.17) is 17.2 Å². The van der Waals surface area contributed by atoms with Gasteiger partial charge in [-0.2, -0.15) is 0 Å². The molecule has 0 aliphatic rings. The van der Waals surface area contributed by atoms with Crippen LogP contribution in [-0.4, -0.2) is 148 Å². The van der Waals surface area contributed by atoms with Gasteiger partial charge in [0.1, 0.15) is 42.3 Å². The summed E-state index contributed by atoms with van der Waals surface area (Å²) in [5.41, 5.74) is 18.4. The number of nitrogens with two attached hydrogens (primary N) is 3. The van der Waals surface area contributed by atoms with Gasteiger partial charge in [-0.15, -0.1) is 0 Å². The molecule has 71 heavy (non-hydrogen) atoms. The summed E-state index contributed by atoms with van der Waals surface area (Å²) in [7, 11) is 0. The molecule has 17 N–H and O–H groups in total. The molecule has 0 unspecified atom stereocenters. The van der Waals surface area contributed by atoms with Gasteiger partial charge in [-0.05, 0) is 75.1 Å². The van der Waals surface area contributed by atoms with E-state index in [9.17, 15) is 68.4 Å². The lowest BCUT2D eigenvalue weighted by molar-refractivity contribution is -0.143. The standard InChI is InChI=1S/C47H70N10O14/c1-27(2)39(50)46(69)53-31(18-10-12-22-49)41(64)55-34(25-38(61)62)44(67)51-30(17-9-11-21-48)40(63)54-33(23-28-13-5-3-6-14-28)43(66)57-36(26-58)45(68)52-32(19-20-37(59)60)42(65)56-35(47(70)71)24-29-15-7-4-8-16-29/h3-8,13-16,27,30-36,39,58H,9-12,17-26,48-50H2,1-2H3,(H,51,67)(H,52,68)(H,53,69)(H,54,63)(H,55,64)(H,56,65)(H,57,66)(H,59,60)(H,61,62)(H,70,71)/t30-,31-,32-,33-,34-,35-,36-,39-/m0/s1. The Hall–Kier alpha value is -7.02. The van der Waals surface area contributed by atoms with Crippen molar-refractivity contribution in [3.05, 3.63) is 71.8 Å². The first kappa shape index (κ1) is 60.1. The van der Waals surface area contributed by atoms with E-state index in [-0.39, 0.29) is 51.1 Å². The quantitative estimate of drug-likeness (QED) is 0.0323. The molecule has 392 valence electrons. The van der Waals surface area contributed by atoms with Gasteiger partial charge in [0, 0.05) is 19.3 Å². The highest BCUT2D eigenvalue weighted by Gasteiger charge is 2.35. The molecule has 0 radical (unpaired) electrons. The Morgan fingerprint density at radius 1 is 0.465 bits per heavy atom. The summed E-state index contributed by atoms with van der Waals surface area (Å²) in [5.74, 6) is -11.5. The Morgan fingerprint density at radius 2 is 0.831 bits per heavy atom. The average molecular weight is 999 g/mol. The van der Waals surface area contributed by atoms with E-state index in [2.05, 4.69) is 37.2 Å². The number of aliphatic hydroxyl groups is 1. The van der Waals surface area contributed by atoms with Gasteiger partial charge < -0.3 is 74.8 Å². The molecule has 0 aromatic heterocycles. The molecule has 0 aliphatic carbocycles. The molecule has 2 aromatic carbocycles. The van der Waals surface area contributed by atoms with Gasteiger partial charge in [-0.1, -0.05) is 74.5 Å². The third kappa shape index (κ3) is 22.5. The van der Waals surface area contributed by atoms with Crippen molar-refractivity contribution in [1.82, 2.24) is 37.2 Å². The predicted molar refractivity (Wildman–Crippen MR) is 256 cm³/mol. The van der Waals surface area contributed by atoms with E-state index >= 15 is 0 Å². The van der Waals surface area contributed by atoms with Crippen LogP contribution in [0.3, 0.4) is 0 Å². The van der Waals surface area contributed by atoms with Gasteiger partial charge in [-0.25, -0.2) is 4.79 Å². The van der Waals surface area contributed by atoms with E-state index in [0.29, 0.717) is 30.4 Å². The third-order valence-corrected chi connectivity index (χ3v) is 11.1. The molecule has 0 fully saturated rings. The zero-order chi connectivity index (χ0) is 53.0. The first-order valence-corrected chi connectivity index (χ1v) is 23.3. The number of carbonyl (C=O) groups excluding carboxylic acids is 7. The third-order valence-electron chi connectivity index (χ3n) is 11.1. The van der Waals surface area contributed by atoms with Crippen LogP contribution in [0, 0.1) is 5.92 Å². The maximum absolute atomic E-state index is 14.2. The number of aliphatic carboxylic acids is 3. The van der Waals surface area contributed by atoms with E-state index in [0.717, 1.165) is 0 Å². The van der Waals surface area contributed by atoms with Crippen LogP contribution in [-0.2, 0) is 60.8 Å². The summed E-state index contributed by atoms with van der Waals surface area (Å²) in [4.78, 5) is 131. The van der Waals surface area contributed by atoms with Crippen LogP contribution in [0.5, 0.6) is 0 Å². The van der Waals surface area contributed by atoms with Gasteiger partial charge in [-0.3, -0.25) is 43.2 Å². The fraction of sp³-hybridized carbons (Fsp3) is 0.532. The van der Waals surface area contributed by atoms with E-state index in [1.807, 2.05) is 0 Å². The number of amides is 7. The fourth-order valence-corrected chi connectivity index (χ4v) is 6.95. The minimum absolute atomic E-state index is 0.0673. The number of nitrogens with one attached hydrogen (secondary N) is 7. The Balaban J connectivity index is 2.41. The number of carboxylic acids is 3. The summed E-state index contributed by atoms with van der Waals surface area (Å²) in [5, 5.41) is 56.1. The van der Waals surface area contributed by atoms with Crippen molar-refractivity contribution in [3.63, 3.8) is 0 Å². The Morgan fingerprint density at radius 3 is 1.25 bits per heavy atom. The molecule has 0 bridgehead atoms. The van der Waals surface area contributed by atoms with Crippen LogP contribution < -0.4 is 54.4 Å². The van der Waals surface area contributed by atoms with Crippen molar-refractivity contribution < 1.29 is 68.4 Å². The zero-order valence-corrected chi connectivity index (χ0v) is 40.0. The largest absolute Gasteiger partial charge is 0.481 e. The molecule has 24 heteroatoms. The zero-order valence-electron chi connectivity index (χ0n) is 40.0. The van der Waals surface area contributed by atoms with Crippen LogP contribution in [0.15, 0.2) is 60.7 Å². The molecule has 0 saturated carbocycles. The van der Waals surface area contributed by atoms with Gasteiger partial charge in [0.15, 0.2) is 0 Å². The summed E-state index contributed by atoms with van der Waals surface area (Å²) in [6, 6.07) is 4.54. The summed E-state index contributed by atoms with van der Waals surface area (Å²) in [6.45, 7) is 2.80. The highest BCUT2D eigenvalue weighted by Crippen LogP contribution is 2.11. The molecule has 7 amide bonds. The van der Waals surface area contributed by atoms with E-state index in [1.54, 1.807) is 74.5 Å². The molecule has 2 aromatic rings. The summed E-state index contributed by atoms with van der Waals surface area (Å²) >= 11 is 0. The van der Waals surface area contributed by atoms with Crippen molar-refractivity contribution in [2.45, 2.75) is 133 Å². The number of hydrogen-bond donors (Lipinski definition) is 14. The lowest BCUT2D eigenvalue weighted by atomic mass is 10.0. The topological polar surface area (TPSA) is 414 Å². The van der Waals surface area contributed by atoms with E-state index < -0.39 is 133 Å². The highest BCUT2D eigenvalue weighted by atomic mass is 16.4. The second-order valence-electron chi connectivity index (χ2n) is 17.2. The first-order chi connectivity index (χ1) is 33.7. The van der Waals surface area contributed by atoms with Crippen molar-refractivity contribution in [2.75, 3.05) is 19.7 Å². The molecular weight excluding hydrogens is 929 g/mol. The number of benzene rings is 2. The smallest absolute Gasteiger partial charge is 0.326 e. The van der Waals surface area contributed by atoms with Crippen LogP contribution >= 0.6 is 0 Å². The molecule has 0 spiro atoms. The number of unbranched alkanes of at least 4 members (excludes halogenated alkanes) is 2. The monoisotopic (exact) mass is 999 g/mol. The number of aliphatic hydroxyl groups excluding tert-OH is 1. The Labute approximate surface area is 411 Å². The van der Waals surface area contributed by atoms with E-state index in [1.165, 1.54) is 0 Å². The van der Waals surface area contributed by atoms with Gasteiger partial charge in [0.2, 0.25) is 41.4 Å². The summed E-state index contributed by atoms with van der Waals surface area (Å²) < 4.78 is 0. The highest BCUT2D eigenvalue weighted by molar-refractivity contribution is 5.98. The van der Waals surface area contributed by atoms with Crippen molar-refractivity contribution in [2.24, 2.45) is 23.1 Å². The van der Waals surface area contributed by atoms with Gasteiger partial charge >= 0.3 is 17.9 Å². The minimum Gasteiger partial charge on any atom is -0.481 e. The number of hydrogen-bond acceptors (Lipinski definition) is 14. The fourth-order valence-electron chi connectivity index (χ4n) is 6.95. The van der Waals surface area contributed by atoms with Crippen molar-refractivity contribution in [3.8, 4) is 0 Å². The molecule has 2 rings (SSSR count). The van der Waals surface area contributed by atoms with Gasteiger partial charge in [0.05, 0.1) is 19.1 Å². The lowest BCUT2D eigenvalue weighted by Crippen LogP contribution is -2.61. The molecule has 0 saturated heterocycles. The van der Waals surface area contributed by atoms with Crippen LogP contribution in [0.2, 0.25) is 0 Å². The molecule has 24 nitrogen and oxygen atoms in total. The van der Waals surface area contributed by atoms with Gasteiger partial charge in [0.25, 0.3) is 0 Å². The lowest BCUT2D eigenvalue weighted by Gasteiger charge is -2.27. The average Bonchev–Trinajstić information content (AvgIpc) is 3.32. The SMILES string of the molecule is CC(C)[C@H](N)C(=O)N[C@@H](CCCCN)C(=O)N[C@@H](CC(=O)O)C(=O)N[C@@H](CCCCN)C(=O)N[C@@H](Cc1ccccc1)C(=O)N[C@@H](CO)C(=O)N[C@@H](CCC(=O)O)C(=O)N[C@@H](Cc1ccccc1)C(=O)O. The van der Waals surface area contributed by atoms with Crippen LogP contribution in [0.1, 0.15) is 82.8 Å². The Kier molecular flexibility index (Phi) is 27.1. The molecular formula is C47H70N10O14. The van der Waals surface area contributed by atoms with Crippen LogP contribution in [0.4, 0.5) is 0 Å². The second kappa shape index (κ2) is 32.0. The van der Waals surface area contributed by atoms with Crippen LogP contribution in [0.25, 0.3) is 0 Å². The molecule has 0 heterocycles. The van der Waals surface area contributed by atoms with Crippen molar-refractivity contribution in [1.29, 1.82) is 0 Å². The Bertz CT molecular complexity index is 2080. The predicted octanol–water partition coefficient (Wildman–Crippen LogP) is -2.48. The first-order valence-electron chi connectivity index (χ1n) is 23.3. The number of carboxylic acid groups (broad SMARTS) is 3. The summed E-state index contributed by atoms with van der Waals surface area (Å²) in [6.07, 6.45) is -1.05. The minimum atomic E-state index is -1.82. The maximum atomic E-state index is 14.2. The molecule has 0 aliphatic heterocycles. The second-order valence-corrected chi connectivity index (χ2v) is 17.2.